The van der Waals surface area contributed by atoms with E-state index in [1.165, 1.54) is 0 Å². The third-order valence-electron chi connectivity index (χ3n) is 7.37. The van der Waals surface area contributed by atoms with E-state index in [-0.39, 0.29) is 5.91 Å². The third-order valence-corrected chi connectivity index (χ3v) is 8.11. The Morgan fingerprint density at radius 1 is 0.897 bits per heavy atom. The Balaban J connectivity index is 1.29. The lowest BCUT2D eigenvalue weighted by molar-refractivity contribution is 0.0633. The summed E-state index contributed by atoms with van der Waals surface area (Å²) >= 11 is 12.4. The Hall–Kier alpha value is -3.85. The van der Waals surface area contributed by atoms with Gasteiger partial charge in [0.15, 0.2) is 0 Å². The van der Waals surface area contributed by atoms with Crippen molar-refractivity contribution in [3.8, 4) is 11.1 Å². The van der Waals surface area contributed by atoms with Gasteiger partial charge < -0.3 is 20.2 Å². The largest absolute Gasteiger partial charge is 0.366 e. The summed E-state index contributed by atoms with van der Waals surface area (Å²) in [7, 11) is 0. The highest BCUT2D eigenvalue weighted by Gasteiger charge is 2.23. The van der Waals surface area contributed by atoms with Gasteiger partial charge in [0.2, 0.25) is 0 Å². The average Bonchev–Trinajstić information content (AvgIpc) is 3.60. The van der Waals surface area contributed by atoms with Crippen LogP contribution in [-0.4, -0.2) is 68.9 Å². The maximum absolute atomic E-state index is 13.5. The molecule has 1 aliphatic heterocycles. The van der Waals surface area contributed by atoms with E-state index in [0.717, 1.165) is 53.6 Å². The smallest absolute Gasteiger partial charge is 0.253 e. The highest BCUT2D eigenvalue weighted by atomic mass is 35.5. The van der Waals surface area contributed by atoms with Gasteiger partial charge in [-0.2, -0.15) is 0 Å². The van der Waals surface area contributed by atoms with E-state index in [0.29, 0.717) is 39.8 Å². The molecule has 0 bridgehead atoms. The van der Waals surface area contributed by atoms with Gasteiger partial charge in [-0.05, 0) is 53.6 Å². The number of hydrogen-bond acceptors (Lipinski definition) is 4. The predicted molar refractivity (Wildman–Crippen MR) is 154 cm³/mol. The predicted octanol–water partition coefficient (Wildman–Crippen LogP) is 5.05. The summed E-state index contributed by atoms with van der Waals surface area (Å²) in [4.78, 5) is 37.5. The number of rotatable bonds is 6. The van der Waals surface area contributed by atoms with E-state index in [9.17, 15) is 9.59 Å². The second-order valence-corrected chi connectivity index (χ2v) is 10.6. The number of carbonyl (C=O) groups excluding carboxylic acids is 2. The maximum Gasteiger partial charge on any atom is 0.253 e. The van der Waals surface area contributed by atoms with Crippen molar-refractivity contribution in [2.75, 3.05) is 32.7 Å². The van der Waals surface area contributed by atoms with Crippen molar-refractivity contribution < 1.29 is 9.59 Å². The van der Waals surface area contributed by atoms with Crippen LogP contribution in [0.4, 0.5) is 0 Å². The fourth-order valence-electron chi connectivity index (χ4n) is 5.20. The lowest BCUT2D eigenvalue weighted by Crippen LogP contribution is -2.49. The van der Waals surface area contributed by atoms with E-state index in [1.54, 1.807) is 24.4 Å². The number of aromatic nitrogens is 3. The molecule has 6 rings (SSSR count). The molecule has 1 saturated heterocycles. The van der Waals surface area contributed by atoms with Gasteiger partial charge in [-0.3, -0.25) is 14.5 Å². The van der Waals surface area contributed by atoms with Gasteiger partial charge in [0.05, 0.1) is 27.5 Å². The minimum Gasteiger partial charge on any atom is -0.366 e. The Labute approximate surface area is 234 Å². The highest BCUT2D eigenvalue weighted by molar-refractivity contribution is 6.42. The van der Waals surface area contributed by atoms with Crippen LogP contribution in [0.15, 0.2) is 67.3 Å². The van der Waals surface area contributed by atoms with Gasteiger partial charge in [0.25, 0.3) is 11.8 Å². The number of carbonyl (C=O) groups is 2. The fourth-order valence-corrected chi connectivity index (χ4v) is 5.50. The van der Waals surface area contributed by atoms with E-state index in [1.807, 2.05) is 47.8 Å². The molecule has 39 heavy (non-hydrogen) atoms. The standard InChI is InChI=1S/C29H26Cl2N6O2/c30-24-3-1-18(16-25(24)31)20-14-22-21-13-19(2-4-26(21)34-27(22)23(15-20)28(32)38)29(39)37-11-9-35(10-12-37)7-8-36-6-5-33-17-36/h1-6,13-17,34H,7-12H2,(H2,32,38). The van der Waals surface area contributed by atoms with Crippen molar-refractivity contribution in [1.82, 2.24) is 24.3 Å². The maximum atomic E-state index is 13.5. The highest BCUT2D eigenvalue weighted by Crippen LogP contribution is 2.35. The molecule has 0 aliphatic carbocycles. The zero-order valence-electron chi connectivity index (χ0n) is 21.0. The second-order valence-electron chi connectivity index (χ2n) is 9.76. The first kappa shape index (κ1) is 25.4. The lowest BCUT2D eigenvalue weighted by atomic mass is 9.98. The number of aromatic amines is 1. The molecule has 3 aromatic carbocycles. The van der Waals surface area contributed by atoms with Gasteiger partial charge >= 0.3 is 0 Å². The van der Waals surface area contributed by atoms with Crippen molar-refractivity contribution >= 4 is 56.8 Å². The molecule has 2 amide bonds. The summed E-state index contributed by atoms with van der Waals surface area (Å²) in [6.45, 7) is 4.78. The minimum absolute atomic E-state index is 0.00345. The van der Waals surface area contributed by atoms with E-state index < -0.39 is 5.91 Å². The number of fused-ring (bicyclic) bond motifs is 3. The molecule has 198 valence electrons. The summed E-state index contributed by atoms with van der Waals surface area (Å²) < 4.78 is 2.06. The fraction of sp³-hybridized carbons (Fsp3) is 0.207. The molecule has 1 aliphatic rings. The molecule has 3 N–H and O–H groups in total. The van der Waals surface area contributed by atoms with Crippen LogP contribution in [0.5, 0.6) is 0 Å². The zero-order valence-corrected chi connectivity index (χ0v) is 22.5. The van der Waals surface area contributed by atoms with Crippen LogP contribution in [0.25, 0.3) is 32.9 Å². The molecule has 10 heteroatoms. The van der Waals surface area contributed by atoms with Crippen molar-refractivity contribution in [1.29, 1.82) is 0 Å². The number of benzene rings is 3. The Morgan fingerprint density at radius 3 is 2.44 bits per heavy atom. The molecule has 5 aromatic rings. The van der Waals surface area contributed by atoms with Crippen molar-refractivity contribution in [3.05, 3.63) is 88.4 Å². The van der Waals surface area contributed by atoms with Gasteiger partial charge in [-0.25, -0.2) is 4.98 Å². The quantitative estimate of drug-likeness (QED) is 0.303. The van der Waals surface area contributed by atoms with Gasteiger partial charge in [0.1, 0.15) is 0 Å². The molecular weight excluding hydrogens is 535 g/mol. The van der Waals surface area contributed by atoms with E-state index >= 15 is 0 Å². The first-order valence-electron chi connectivity index (χ1n) is 12.7. The topological polar surface area (TPSA) is 100 Å². The number of nitrogens with zero attached hydrogens (tertiary/aromatic N) is 4. The first-order chi connectivity index (χ1) is 18.9. The Bertz CT molecular complexity index is 1700. The molecule has 0 spiro atoms. The number of nitrogens with one attached hydrogen (secondary N) is 1. The van der Waals surface area contributed by atoms with Crippen LogP contribution >= 0.6 is 23.2 Å². The van der Waals surface area contributed by atoms with Crippen molar-refractivity contribution in [2.45, 2.75) is 6.54 Å². The van der Waals surface area contributed by atoms with Crippen LogP contribution in [-0.2, 0) is 6.54 Å². The number of imidazole rings is 1. The molecular formula is C29H26Cl2N6O2. The summed E-state index contributed by atoms with van der Waals surface area (Å²) in [5.74, 6) is -0.549. The number of amides is 2. The number of H-pyrrole nitrogens is 1. The first-order valence-corrected chi connectivity index (χ1v) is 13.4. The van der Waals surface area contributed by atoms with E-state index in [2.05, 4.69) is 19.4 Å². The van der Waals surface area contributed by atoms with E-state index in [4.69, 9.17) is 28.9 Å². The molecule has 3 heterocycles. The number of halogens is 2. The van der Waals surface area contributed by atoms with Crippen LogP contribution in [0.1, 0.15) is 20.7 Å². The molecule has 0 atom stereocenters. The van der Waals surface area contributed by atoms with Gasteiger partial charge in [-0.15, -0.1) is 0 Å². The zero-order chi connectivity index (χ0) is 27.1. The number of primary amides is 1. The summed E-state index contributed by atoms with van der Waals surface area (Å²) in [5.41, 5.74) is 9.78. The SMILES string of the molecule is NC(=O)c1cc(-c2ccc(Cl)c(Cl)c2)cc2c1[nH]c1ccc(C(=O)N3CCN(CCn4ccnc4)CC3)cc12. The van der Waals surface area contributed by atoms with Gasteiger partial charge in [-0.1, -0.05) is 29.3 Å². The average molecular weight is 561 g/mol. The number of hydrogen-bond donors (Lipinski definition) is 2. The molecule has 1 fully saturated rings. The van der Waals surface area contributed by atoms with Crippen LogP contribution in [0.3, 0.4) is 0 Å². The number of nitrogens with two attached hydrogens (primary N) is 1. The van der Waals surface area contributed by atoms with Crippen LogP contribution in [0, 0.1) is 0 Å². The minimum atomic E-state index is -0.546. The third kappa shape index (κ3) is 4.98. The van der Waals surface area contributed by atoms with Gasteiger partial charge in [0, 0.05) is 73.5 Å². The summed E-state index contributed by atoms with van der Waals surface area (Å²) in [5, 5.41) is 2.52. The molecule has 0 saturated carbocycles. The van der Waals surface area contributed by atoms with Crippen molar-refractivity contribution in [2.24, 2.45) is 5.73 Å². The Kier molecular flexibility index (Phi) is 6.76. The normalized spacial score (nSPS) is 14.4. The summed E-state index contributed by atoms with van der Waals surface area (Å²) in [6, 6.07) is 14.7. The molecule has 0 unspecified atom stereocenters. The monoisotopic (exact) mass is 560 g/mol. The Morgan fingerprint density at radius 2 is 1.72 bits per heavy atom. The van der Waals surface area contributed by atoms with Crippen LogP contribution < -0.4 is 5.73 Å². The second kappa shape index (κ2) is 10.4. The molecule has 2 aromatic heterocycles. The number of piperazine rings is 1. The van der Waals surface area contributed by atoms with Crippen LogP contribution in [0.2, 0.25) is 10.0 Å². The lowest BCUT2D eigenvalue weighted by Gasteiger charge is -2.34. The molecule has 8 nitrogen and oxygen atoms in total. The summed E-state index contributed by atoms with van der Waals surface area (Å²) in [6.07, 6.45) is 5.56. The molecule has 0 radical (unpaired) electrons. The van der Waals surface area contributed by atoms with Crippen molar-refractivity contribution in [3.63, 3.8) is 0 Å².